The topological polar surface area (TPSA) is 15.3 Å². The molecule has 0 saturated carbocycles. The van der Waals surface area contributed by atoms with Gasteiger partial charge in [0.2, 0.25) is 0 Å². The highest BCUT2D eigenvalue weighted by Crippen LogP contribution is 2.29. The second kappa shape index (κ2) is 8.08. The molecule has 2 nitrogen and oxygen atoms in total. The molecule has 98 valence electrons. The molecule has 0 aliphatic rings. The van der Waals surface area contributed by atoms with E-state index in [4.69, 9.17) is 0 Å². The minimum absolute atomic E-state index is 0.342. The van der Waals surface area contributed by atoms with Crippen molar-refractivity contribution in [2.45, 2.75) is 72.4 Å². The first-order chi connectivity index (χ1) is 7.66. The summed E-state index contributed by atoms with van der Waals surface area (Å²) in [6.45, 7) is 17.1. The van der Waals surface area contributed by atoms with Crippen molar-refractivity contribution in [1.82, 2.24) is 10.2 Å². The number of nitrogens with one attached hydrogen (secondary N) is 1. The monoisotopic (exact) mass is 228 g/mol. The predicted molar refractivity (Wildman–Crippen MR) is 74.0 cm³/mol. The van der Waals surface area contributed by atoms with Crippen LogP contribution < -0.4 is 5.32 Å². The zero-order chi connectivity index (χ0) is 12.6. The summed E-state index contributed by atoms with van der Waals surface area (Å²) in [5.74, 6) is 0. The summed E-state index contributed by atoms with van der Waals surface area (Å²) in [6, 6.07) is 0.618. The Labute approximate surface area is 103 Å². The van der Waals surface area contributed by atoms with Crippen molar-refractivity contribution in [2.75, 3.05) is 19.6 Å². The van der Waals surface area contributed by atoms with E-state index in [1.807, 2.05) is 0 Å². The minimum atomic E-state index is 0.342. The number of nitrogens with zero attached hydrogens (tertiary/aromatic N) is 1. The van der Waals surface area contributed by atoms with Crippen molar-refractivity contribution in [3.63, 3.8) is 0 Å². The van der Waals surface area contributed by atoms with Gasteiger partial charge in [-0.1, -0.05) is 41.5 Å². The Morgan fingerprint density at radius 1 is 0.938 bits per heavy atom. The maximum atomic E-state index is 3.68. The van der Waals surface area contributed by atoms with Crippen LogP contribution in [-0.4, -0.2) is 36.1 Å². The van der Waals surface area contributed by atoms with E-state index in [0.29, 0.717) is 11.6 Å². The van der Waals surface area contributed by atoms with Gasteiger partial charge in [-0.3, -0.25) is 4.90 Å². The second-order valence-electron chi connectivity index (χ2n) is 4.50. The molecule has 2 heteroatoms. The summed E-state index contributed by atoms with van der Waals surface area (Å²) in [4.78, 5) is 2.64. The lowest BCUT2D eigenvalue weighted by atomic mass is 9.81. The summed E-state index contributed by atoms with van der Waals surface area (Å²) in [5.41, 5.74) is 0.342. The lowest BCUT2D eigenvalue weighted by Crippen LogP contribution is -2.60. The van der Waals surface area contributed by atoms with Crippen molar-refractivity contribution in [2.24, 2.45) is 0 Å². The summed E-state index contributed by atoms with van der Waals surface area (Å²) >= 11 is 0. The Hall–Kier alpha value is -0.0800. The molecule has 0 rings (SSSR count). The third-order valence-electron chi connectivity index (χ3n) is 4.13. The van der Waals surface area contributed by atoms with Gasteiger partial charge < -0.3 is 5.32 Å². The van der Waals surface area contributed by atoms with Gasteiger partial charge in [-0.05, 0) is 38.9 Å². The summed E-state index contributed by atoms with van der Waals surface area (Å²) in [7, 11) is 0. The first-order valence-corrected chi connectivity index (χ1v) is 7.14. The Morgan fingerprint density at radius 3 is 1.69 bits per heavy atom. The Balaban J connectivity index is 5.01. The molecule has 0 fully saturated rings. The van der Waals surface area contributed by atoms with Crippen LogP contribution in [0.5, 0.6) is 0 Å². The van der Waals surface area contributed by atoms with Crippen LogP contribution in [0.2, 0.25) is 0 Å². The highest BCUT2D eigenvalue weighted by Gasteiger charge is 2.38. The van der Waals surface area contributed by atoms with Gasteiger partial charge in [-0.25, -0.2) is 0 Å². The fourth-order valence-corrected chi connectivity index (χ4v) is 3.22. The molecule has 0 aromatic heterocycles. The van der Waals surface area contributed by atoms with Gasteiger partial charge in [-0.15, -0.1) is 0 Å². The van der Waals surface area contributed by atoms with Crippen LogP contribution in [0.25, 0.3) is 0 Å². The zero-order valence-electron chi connectivity index (χ0n) is 12.3. The molecule has 0 aliphatic carbocycles. The molecule has 16 heavy (non-hydrogen) atoms. The number of hydrogen-bond donors (Lipinski definition) is 1. The van der Waals surface area contributed by atoms with E-state index in [-0.39, 0.29) is 0 Å². The van der Waals surface area contributed by atoms with Gasteiger partial charge in [0.1, 0.15) is 0 Å². The van der Waals surface area contributed by atoms with E-state index in [0.717, 1.165) is 19.6 Å². The van der Waals surface area contributed by atoms with Crippen molar-refractivity contribution in [3.8, 4) is 0 Å². The molecular weight excluding hydrogens is 196 g/mol. The van der Waals surface area contributed by atoms with E-state index in [1.54, 1.807) is 0 Å². The highest BCUT2D eigenvalue weighted by molar-refractivity contribution is 4.97. The van der Waals surface area contributed by atoms with Gasteiger partial charge in [0.15, 0.2) is 0 Å². The quantitative estimate of drug-likeness (QED) is 0.651. The molecular formula is C14H32N2. The fraction of sp³-hybridized carbons (Fsp3) is 1.00. The van der Waals surface area contributed by atoms with Gasteiger partial charge in [0, 0.05) is 11.6 Å². The molecule has 0 amide bonds. The van der Waals surface area contributed by atoms with E-state index in [1.165, 1.54) is 19.3 Å². The van der Waals surface area contributed by atoms with Gasteiger partial charge in [0.05, 0.1) is 0 Å². The zero-order valence-corrected chi connectivity index (χ0v) is 12.3. The summed E-state index contributed by atoms with van der Waals surface area (Å²) in [6.07, 6.45) is 3.68. The maximum absolute atomic E-state index is 3.68. The molecule has 0 spiro atoms. The van der Waals surface area contributed by atoms with Crippen molar-refractivity contribution >= 4 is 0 Å². The summed E-state index contributed by atoms with van der Waals surface area (Å²) in [5, 5.41) is 3.68. The average molecular weight is 228 g/mol. The summed E-state index contributed by atoms with van der Waals surface area (Å²) < 4.78 is 0. The Kier molecular flexibility index (Phi) is 8.04. The number of likely N-dealkylation sites (N-methyl/N-ethyl adjacent to an activating group) is 2. The Bertz CT molecular complexity index is 160. The molecule has 0 bridgehead atoms. The predicted octanol–water partition coefficient (Wildman–Crippen LogP) is 3.28. The number of hydrogen-bond acceptors (Lipinski definition) is 2. The van der Waals surface area contributed by atoms with Crippen LogP contribution in [0.3, 0.4) is 0 Å². The molecule has 0 saturated heterocycles. The largest absolute Gasteiger partial charge is 0.312 e. The Morgan fingerprint density at radius 2 is 1.44 bits per heavy atom. The van der Waals surface area contributed by atoms with E-state index >= 15 is 0 Å². The molecule has 0 heterocycles. The van der Waals surface area contributed by atoms with Crippen molar-refractivity contribution < 1.29 is 0 Å². The van der Waals surface area contributed by atoms with Crippen LogP contribution in [0, 0.1) is 0 Å². The van der Waals surface area contributed by atoms with E-state index in [2.05, 4.69) is 51.8 Å². The SMILES string of the molecule is CCNC(CC)C(CC)(CC)N(CC)CC. The fourth-order valence-electron chi connectivity index (χ4n) is 3.22. The lowest BCUT2D eigenvalue weighted by Gasteiger charge is -2.48. The standard InChI is InChI=1S/C14H32N2/c1-7-13(15-10-4)14(8-2,9-3)16(11-5)12-6/h13,15H,7-12H2,1-6H3. The normalized spacial score (nSPS) is 14.4. The average Bonchev–Trinajstić information content (AvgIpc) is 2.33. The molecule has 1 atom stereocenters. The first-order valence-electron chi connectivity index (χ1n) is 7.14. The minimum Gasteiger partial charge on any atom is -0.312 e. The van der Waals surface area contributed by atoms with Crippen LogP contribution >= 0.6 is 0 Å². The van der Waals surface area contributed by atoms with Crippen molar-refractivity contribution in [1.29, 1.82) is 0 Å². The van der Waals surface area contributed by atoms with Gasteiger partial charge >= 0.3 is 0 Å². The molecule has 0 aromatic carbocycles. The smallest absolute Gasteiger partial charge is 0.0356 e. The third kappa shape index (κ3) is 3.21. The van der Waals surface area contributed by atoms with E-state index in [9.17, 15) is 0 Å². The van der Waals surface area contributed by atoms with Gasteiger partial charge in [0.25, 0.3) is 0 Å². The van der Waals surface area contributed by atoms with E-state index < -0.39 is 0 Å². The van der Waals surface area contributed by atoms with Crippen LogP contribution in [-0.2, 0) is 0 Å². The van der Waals surface area contributed by atoms with Crippen molar-refractivity contribution in [3.05, 3.63) is 0 Å². The third-order valence-corrected chi connectivity index (χ3v) is 4.13. The first kappa shape index (κ1) is 15.9. The second-order valence-corrected chi connectivity index (χ2v) is 4.50. The van der Waals surface area contributed by atoms with Gasteiger partial charge in [-0.2, -0.15) is 0 Å². The molecule has 0 aromatic rings. The molecule has 0 radical (unpaired) electrons. The maximum Gasteiger partial charge on any atom is 0.0356 e. The van der Waals surface area contributed by atoms with Crippen LogP contribution in [0.1, 0.15) is 60.8 Å². The molecule has 0 aliphatic heterocycles. The number of rotatable bonds is 9. The van der Waals surface area contributed by atoms with Crippen LogP contribution in [0.4, 0.5) is 0 Å². The van der Waals surface area contributed by atoms with Crippen LogP contribution in [0.15, 0.2) is 0 Å². The molecule has 1 unspecified atom stereocenters. The molecule has 1 N–H and O–H groups in total. The lowest BCUT2D eigenvalue weighted by molar-refractivity contribution is 0.0484. The highest BCUT2D eigenvalue weighted by atomic mass is 15.2.